The van der Waals surface area contributed by atoms with E-state index in [2.05, 4.69) is 24.0 Å². The summed E-state index contributed by atoms with van der Waals surface area (Å²) in [6, 6.07) is 10.2. The molecule has 0 unspecified atom stereocenters. The fourth-order valence-electron chi connectivity index (χ4n) is 1.44. The van der Waals surface area contributed by atoms with Crippen molar-refractivity contribution in [1.29, 1.82) is 0 Å². The van der Waals surface area contributed by atoms with E-state index >= 15 is 0 Å². The second-order valence-electron chi connectivity index (χ2n) is 3.46. The maximum absolute atomic E-state index is 10.7. The van der Waals surface area contributed by atoms with Gasteiger partial charge in [-0.2, -0.15) is 0 Å². The zero-order valence-corrected chi connectivity index (χ0v) is 9.70. The third-order valence-electron chi connectivity index (χ3n) is 2.32. The molecule has 0 radical (unpaired) electrons. The average molecular weight is 226 g/mol. The first-order chi connectivity index (χ1) is 7.22. The van der Waals surface area contributed by atoms with Gasteiger partial charge in [-0.3, -0.25) is 9.69 Å². The molecule has 1 aromatic rings. The monoisotopic (exact) mass is 225 g/mol. The van der Waals surface area contributed by atoms with Crippen molar-refractivity contribution in [3.63, 3.8) is 0 Å². The molecular formula is C12H16ClNO. The highest BCUT2D eigenvalue weighted by molar-refractivity contribution is 6.63. The molecule has 82 valence electrons. The highest BCUT2D eigenvalue weighted by Crippen LogP contribution is 2.05. The van der Waals surface area contributed by atoms with Gasteiger partial charge in [0.05, 0.1) is 0 Å². The molecule has 3 heteroatoms. The second kappa shape index (κ2) is 6.59. The molecule has 0 aliphatic carbocycles. The van der Waals surface area contributed by atoms with E-state index in [4.69, 9.17) is 11.6 Å². The van der Waals surface area contributed by atoms with Gasteiger partial charge in [-0.15, -0.1) is 0 Å². The quantitative estimate of drug-likeness (QED) is 0.694. The third-order valence-corrected chi connectivity index (χ3v) is 2.51. The number of hydrogen-bond acceptors (Lipinski definition) is 2. The number of carbonyl (C=O) groups is 1. The predicted molar refractivity (Wildman–Crippen MR) is 62.9 cm³/mol. The van der Waals surface area contributed by atoms with Crippen LogP contribution in [0.4, 0.5) is 0 Å². The Bertz CT molecular complexity index is 300. The number of carbonyl (C=O) groups excluding carboxylic acids is 1. The lowest BCUT2D eigenvalue weighted by atomic mass is 10.2. The van der Waals surface area contributed by atoms with Gasteiger partial charge in [0.25, 0.3) is 0 Å². The van der Waals surface area contributed by atoms with Crippen molar-refractivity contribution in [2.45, 2.75) is 19.9 Å². The van der Waals surface area contributed by atoms with Gasteiger partial charge in [0, 0.05) is 19.5 Å². The number of benzene rings is 1. The Morgan fingerprint density at radius 2 is 2.00 bits per heavy atom. The zero-order chi connectivity index (χ0) is 11.1. The van der Waals surface area contributed by atoms with Crippen LogP contribution < -0.4 is 0 Å². The molecule has 0 saturated carbocycles. The van der Waals surface area contributed by atoms with Crippen LogP contribution in [-0.2, 0) is 11.3 Å². The van der Waals surface area contributed by atoms with E-state index in [9.17, 15) is 4.79 Å². The van der Waals surface area contributed by atoms with Crippen LogP contribution in [0.3, 0.4) is 0 Å². The van der Waals surface area contributed by atoms with Crippen molar-refractivity contribution >= 4 is 16.8 Å². The Labute approximate surface area is 95.8 Å². The average Bonchev–Trinajstić information content (AvgIpc) is 2.25. The molecule has 2 nitrogen and oxygen atoms in total. The van der Waals surface area contributed by atoms with Crippen LogP contribution in [0.25, 0.3) is 0 Å². The minimum atomic E-state index is -0.262. The van der Waals surface area contributed by atoms with Crippen LogP contribution in [0, 0.1) is 0 Å². The SMILES string of the molecule is CCN(CCC(=O)Cl)Cc1ccccc1. The van der Waals surface area contributed by atoms with Gasteiger partial charge in [0.15, 0.2) is 0 Å². The molecule has 0 aliphatic rings. The molecule has 15 heavy (non-hydrogen) atoms. The Morgan fingerprint density at radius 3 is 2.53 bits per heavy atom. The summed E-state index contributed by atoms with van der Waals surface area (Å²) in [5, 5.41) is -0.262. The molecule has 0 heterocycles. The molecule has 0 spiro atoms. The van der Waals surface area contributed by atoms with Crippen molar-refractivity contribution < 1.29 is 4.79 Å². The number of hydrogen-bond donors (Lipinski definition) is 0. The molecule has 1 aromatic carbocycles. The Balaban J connectivity index is 2.43. The van der Waals surface area contributed by atoms with Gasteiger partial charge >= 0.3 is 0 Å². The Hall–Kier alpha value is -0.860. The second-order valence-corrected chi connectivity index (χ2v) is 3.88. The van der Waals surface area contributed by atoms with Crippen molar-refractivity contribution in [2.24, 2.45) is 0 Å². The molecule has 0 fully saturated rings. The summed E-state index contributed by atoms with van der Waals surface area (Å²) >= 11 is 5.32. The van der Waals surface area contributed by atoms with E-state index in [1.165, 1.54) is 5.56 Å². The van der Waals surface area contributed by atoms with Gasteiger partial charge in [-0.1, -0.05) is 37.3 Å². The first-order valence-corrected chi connectivity index (χ1v) is 5.54. The van der Waals surface area contributed by atoms with E-state index in [0.717, 1.165) is 19.6 Å². The smallest absolute Gasteiger partial charge is 0.222 e. The van der Waals surface area contributed by atoms with Gasteiger partial charge in [0.2, 0.25) is 5.24 Å². The van der Waals surface area contributed by atoms with Gasteiger partial charge in [0.1, 0.15) is 0 Å². The minimum absolute atomic E-state index is 0.262. The summed E-state index contributed by atoms with van der Waals surface area (Å²) in [5.74, 6) is 0. The van der Waals surface area contributed by atoms with Crippen LogP contribution >= 0.6 is 11.6 Å². The fraction of sp³-hybridized carbons (Fsp3) is 0.417. The fourth-order valence-corrected chi connectivity index (χ4v) is 1.52. The van der Waals surface area contributed by atoms with E-state index in [1.807, 2.05) is 18.2 Å². The molecule has 0 aliphatic heterocycles. The van der Waals surface area contributed by atoms with Crippen molar-refractivity contribution in [2.75, 3.05) is 13.1 Å². The lowest BCUT2D eigenvalue weighted by Crippen LogP contribution is -2.24. The Morgan fingerprint density at radius 1 is 1.33 bits per heavy atom. The topological polar surface area (TPSA) is 20.3 Å². The van der Waals surface area contributed by atoms with E-state index in [-0.39, 0.29) is 5.24 Å². The summed E-state index contributed by atoms with van der Waals surface area (Å²) < 4.78 is 0. The van der Waals surface area contributed by atoms with E-state index in [1.54, 1.807) is 0 Å². The van der Waals surface area contributed by atoms with Crippen LogP contribution in [-0.4, -0.2) is 23.2 Å². The van der Waals surface area contributed by atoms with Crippen LogP contribution in [0.15, 0.2) is 30.3 Å². The van der Waals surface area contributed by atoms with Gasteiger partial charge in [-0.25, -0.2) is 0 Å². The first-order valence-electron chi connectivity index (χ1n) is 5.17. The molecule has 0 N–H and O–H groups in total. The standard InChI is InChI=1S/C12H16ClNO/c1-2-14(9-8-12(13)15)10-11-6-4-3-5-7-11/h3-7H,2,8-10H2,1H3. The third kappa shape index (κ3) is 4.96. The molecule has 1 rings (SSSR count). The minimum Gasteiger partial charge on any atom is -0.299 e. The molecular weight excluding hydrogens is 210 g/mol. The van der Waals surface area contributed by atoms with Crippen LogP contribution in [0.1, 0.15) is 18.9 Å². The zero-order valence-electron chi connectivity index (χ0n) is 8.95. The Kier molecular flexibility index (Phi) is 5.37. The lowest BCUT2D eigenvalue weighted by molar-refractivity contribution is -0.112. The first kappa shape index (κ1) is 12.2. The van der Waals surface area contributed by atoms with E-state index in [0.29, 0.717) is 6.42 Å². The highest BCUT2D eigenvalue weighted by Gasteiger charge is 2.05. The normalized spacial score (nSPS) is 10.6. The highest BCUT2D eigenvalue weighted by atomic mass is 35.5. The summed E-state index contributed by atoms with van der Waals surface area (Å²) in [7, 11) is 0. The summed E-state index contributed by atoms with van der Waals surface area (Å²) in [6.07, 6.45) is 0.419. The molecule has 0 saturated heterocycles. The van der Waals surface area contributed by atoms with Gasteiger partial charge < -0.3 is 0 Å². The predicted octanol–water partition coefficient (Wildman–Crippen LogP) is 2.66. The number of halogens is 1. The summed E-state index contributed by atoms with van der Waals surface area (Å²) in [6.45, 7) is 4.62. The molecule has 0 amide bonds. The molecule has 0 aromatic heterocycles. The molecule has 0 atom stereocenters. The van der Waals surface area contributed by atoms with Crippen molar-refractivity contribution in [3.8, 4) is 0 Å². The maximum Gasteiger partial charge on any atom is 0.222 e. The summed E-state index contributed by atoms with van der Waals surface area (Å²) in [4.78, 5) is 12.9. The molecule has 0 bridgehead atoms. The number of nitrogens with zero attached hydrogens (tertiary/aromatic N) is 1. The van der Waals surface area contributed by atoms with E-state index < -0.39 is 0 Å². The van der Waals surface area contributed by atoms with Crippen LogP contribution in [0.5, 0.6) is 0 Å². The largest absolute Gasteiger partial charge is 0.299 e. The lowest BCUT2D eigenvalue weighted by Gasteiger charge is -2.19. The number of rotatable bonds is 6. The van der Waals surface area contributed by atoms with Crippen molar-refractivity contribution in [3.05, 3.63) is 35.9 Å². The maximum atomic E-state index is 10.7. The van der Waals surface area contributed by atoms with Crippen LogP contribution in [0.2, 0.25) is 0 Å². The summed E-state index contributed by atoms with van der Waals surface area (Å²) in [5.41, 5.74) is 1.27. The van der Waals surface area contributed by atoms with Gasteiger partial charge in [-0.05, 0) is 23.7 Å². The van der Waals surface area contributed by atoms with Crippen molar-refractivity contribution in [1.82, 2.24) is 4.90 Å².